The Balaban J connectivity index is 2.11. The van der Waals surface area contributed by atoms with Gasteiger partial charge in [0.2, 0.25) is 5.43 Å². The van der Waals surface area contributed by atoms with Crippen LogP contribution in [-0.2, 0) is 16.8 Å². The average Bonchev–Trinajstić information content (AvgIpc) is 3.13. The predicted octanol–water partition coefficient (Wildman–Crippen LogP) is 0.659. The van der Waals surface area contributed by atoms with E-state index in [-0.39, 0.29) is 23.9 Å². The summed E-state index contributed by atoms with van der Waals surface area (Å²) in [7, 11) is -1.07. The van der Waals surface area contributed by atoms with Gasteiger partial charge in [0.1, 0.15) is 6.61 Å². The van der Waals surface area contributed by atoms with Crippen molar-refractivity contribution in [3.8, 4) is 17.3 Å². The number of rotatable bonds is 6. The van der Waals surface area contributed by atoms with E-state index in [2.05, 4.69) is 4.98 Å². The van der Waals surface area contributed by atoms with Crippen LogP contribution in [0.3, 0.4) is 0 Å². The van der Waals surface area contributed by atoms with E-state index < -0.39 is 15.6 Å². The molecule has 2 heterocycles. The van der Waals surface area contributed by atoms with Crippen LogP contribution < -0.4 is 16.0 Å². The lowest BCUT2D eigenvalue weighted by Gasteiger charge is -2.17. The standard InChI is InChI=1S/C17H19N5O4S/c1-20(2)27(24,25)22-11-9-19-17(22)15-16(14(23)8-10-21(15)18)26-12-13-6-4-3-5-7-13/h3-11H,12,18H2,1-2H3. The minimum atomic E-state index is -3.86. The Morgan fingerprint density at radius 2 is 1.85 bits per heavy atom. The van der Waals surface area contributed by atoms with Crippen molar-refractivity contribution in [1.29, 1.82) is 0 Å². The van der Waals surface area contributed by atoms with E-state index in [4.69, 9.17) is 10.6 Å². The number of hydrogen-bond donors (Lipinski definition) is 1. The van der Waals surface area contributed by atoms with Crippen molar-refractivity contribution in [3.63, 3.8) is 0 Å². The van der Waals surface area contributed by atoms with Crippen LogP contribution in [0.4, 0.5) is 0 Å². The number of nitrogen functional groups attached to an aromatic ring is 1. The van der Waals surface area contributed by atoms with Crippen LogP contribution in [0.5, 0.6) is 5.75 Å². The molecule has 0 atom stereocenters. The number of nitrogens with zero attached hydrogens (tertiary/aromatic N) is 4. The van der Waals surface area contributed by atoms with Crippen molar-refractivity contribution >= 4 is 10.2 Å². The van der Waals surface area contributed by atoms with Gasteiger partial charge in [-0.1, -0.05) is 30.3 Å². The summed E-state index contributed by atoms with van der Waals surface area (Å²) >= 11 is 0. The minimum absolute atomic E-state index is 0.0213. The molecule has 9 nitrogen and oxygen atoms in total. The lowest BCUT2D eigenvalue weighted by atomic mass is 10.2. The maximum atomic E-state index is 12.6. The molecule has 0 aliphatic rings. The fourth-order valence-electron chi connectivity index (χ4n) is 2.44. The summed E-state index contributed by atoms with van der Waals surface area (Å²) in [4.78, 5) is 16.5. The van der Waals surface area contributed by atoms with Gasteiger partial charge in [0, 0.05) is 38.8 Å². The van der Waals surface area contributed by atoms with Crippen LogP contribution in [-0.4, -0.2) is 40.5 Å². The Hall–Kier alpha value is -3.11. The molecule has 0 amide bonds. The number of pyridine rings is 1. The molecule has 2 aromatic heterocycles. The first-order valence-electron chi connectivity index (χ1n) is 7.96. The van der Waals surface area contributed by atoms with Crippen molar-refractivity contribution in [1.82, 2.24) is 17.9 Å². The number of benzene rings is 1. The molecule has 0 spiro atoms. The molecule has 27 heavy (non-hydrogen) atoms. The first-order chi connectivity index (χ1) is 12.8. The highest BCUT2D eigenvalue weighted by Gasteiger charge is 2.25. The molecule has 0 bridgehead atoms. The van der Waals surface area contributed by atoms with Gasteiger partial charge in [-0.2, -0.15) is 12.7 Å². The Kier molecular flexibility index (Phi) is 5.02. The van der Waals surface area contributed by atoms with Crippen LogP contribution in [0, 0.1) is 0 Å². The van der Waals surface area contributed by atoms with E-state index in [1.807, 2.05) is 30.3 Å². The summed E-state index contributed by atoms with van der Waals surface area (Å²) in [6.07, 6.45) is 3.92. The van der Waals surface area contributed by atoms with Gasteiger partial charge >= 0.3 is 10.2 Å². The number of ether oxygens (including phenoxy) is 1. The lowest BCUT2D eigenvalue weighted by molar-refractivity contribution is 0.302. The molecule has 1 aromatic carbocycles. The number of imidazole rings is 1. The first-order valence-corrected chi connectivity index (χ1v) is 9.36. The summed E-state index contributed by atoms with van der Waals surface area (Å²) in [5, 5.41) is 0. The van der Waals surface area contributed by atoms with E-state index >= 15 is 0 Å². The quantitative estimate of drug-likeness (QED) is 0.620. The topological polar surface area (TPSA) is 112 Å². The van der Waals surface area contributed by atoms with Crippen molar-refractivity contribution in [2.75, 3.05) is 19.9 Å². The van der Waals surface area contributed by atoms with Crippen molar-refractivity contribution < 1.29 is 13.2 Å². The van der Waals surface area contributed by atoms with E-state index in [0.29, 0.717) is 0 Å². The van der Waals surface area contributed by atoms with E-state index in [0.717, 1.165) is 18.5 Å². The maximum absolute atomic E-state index is 12.6. The van der Waals surface area contributed by atoms with Crippen molar-refractivity contribution in [2.45, 2.75) is 6.61 Å². The van der Waals surface area contributed by atoms with E-state index in [1.54, 1.807) is 0 Å². The maximum Gasteiger partial charge on any atom is 0.308 e. The molecule has 142 valence electrons. The average molecular weight is 389 g/mol. The third kappa shape index (κ3) is 3.57. The van der Waals surface area contributed by atoms with Gasteiger partial charge in [-0.3, -0.25) is 9.47 Å². The van der Waals surface area contributed by atoms with Gasteiger partial charge in [0.25, 0.3) is 0 Å². The van der Waals surface area contributed by atoms with E-state index in [1.165, 1.54) is 38.8 Å². The zero-order valence-electron chi connectivity index (χ0n) is 14.8. The second-order valence-electron chi connectivity index (χ2n) is 5.88. The minimum Gasteiger partial charge on any atom is -0.483 e. The fraction of sp³-hybridized carbons (Fsp3) is 0.176. The van der Waals surface area contributed by atoms with Gasteiger partial charge in [0.05, 0.1) is 0 Å². The van der Waals surface area contributed by atoms with Crippen molar-refractivity contribution in [3.05, 3.63) is 70.8 Å². The summed E-state index contributed by atoms with van der Waals surface area (Å²) in [6.45, 7) is 0.119. The van der Waals surface area contributed by atoms with Crippen LogP contribution in [0.15, 0.2) is 59.8 Å². The van der Waals surface area contributed by atoms with Crippen LogP contribution in [0.25, 0.3) is 11.5 Å². The van der Waals surface area contributed by atoms with Gasteiger partial charge in [0.15, 0.2) is 17.3 Å². The summed E-state index contributed by atoms with van der Waals surface area (Å²) in [5.74, 6) is 5.87. The lowest BCUT2D eigenvalue weighted by Crippen LogP contribution is -2.30. The summed E-state index contributed by atoms with van der Waals surface area (Å²) < 4.78 is 33.9. The molecule has 0 radical (unpaired) electrons. The molecule has 0 aliphatic heterocycles. The van der Waals surface area contributed by atoms with Gasteiger partial charge < -0.3 is 10.6 Å². The van der Waals surface area contributed by atoms with Gasteiger partial charge in [-0.25, -0.2) is 8.96 Å². The highest BCUT2D eigenvalue weighted by molar-refractivity contribution is 7.87. The fourth-order valence-corrected chi connectivity index (χ4v) is 3.35. The molecule has 0 saturated carbocycles. The molecule has 0 saturated heterocycles. The normalized spacial score (nSPS) is 11.7. The largest absolute Gasteiger partial charge is 0.483 e. The molecular weight excluding hydrogens is 370 g/mol. The molecule has 0 unspecified atom stereocenters. The molecule has 10 heteroatoms. The third-order valence-corrected chi connectivity index (χ3v) is 5.55. The molecule has 3 rings (SSSR count). The summed E-state index contributed by atoms with van der Waals surface area (Å²) in [6, 6.07) is 10.5. The molecule has 0 aliphatic carbocycles. The number of aromatic nitrogens is 3. The van der Waals surface area contributed by atoms with Crippen molar-refractivity contribution in [2.24, 2.45) is 0 Å². The summed E-state index contributed by atoms with van der Waals surface area (Å²) in [5.41, 5.74) is 0.479. The highest BCUT2D eigenvalue weighted by Crippen LogP contribution is 2.26. The van der Waals surface area contributed by atoms with Crippen LogP contribution in [0.1, 0.15) is 5.56 Å². The Morgan fingerprint density at radius 3 is 2.52 bits per heavy atom. The Labute approximate surface area is 156 Å². The molecule has 0 fully saturated rings. The zero-order valence-corrected chi connectivity index (χ0v) is 15.6. The monoisotopic (exact) mass is 389 g/mol. The SMILES string of the molecule is CN(C)S(=O)(=O)n1ccnc1-c1c(OCc2ccccc2)c(=O)ccn1N. The number of nitrogens with two attached hydrogens (primary N) is 1. The third-order valence-electron chi connectivity index (χ3n) is 3.84. The Morgan fingerprint density at radius 1 is 1.15 bits per heavy atom. The van der Waals surface area contributed by atoms with E-state index in [9.17, 15) is 13.2 Å². The molecule has 3 aromatic rings. The second-order valence-corrected chi connectivity index (χ2v) is 7.90. The highest BCUT2D eigenvalue weighted by atomic mass is 32.2. The van der Waals surface area contributed by atoms with Crippen LogP contribution >= 0.6 is 0 Å². The molecular formula is C17H19N5O4S. The van der Waals surface area contributed by atoms with Crippen LogP contribution in [0.2, 0.25) is 0 Å². The first kappa shape index (κ1) is 18.7. The zero-order chi connectivity index (χ0) is 19.6. The molecule has 2 N–H and O–H groups in total. The van der Waals surface area contributed by atoms with Gasteiger partial charge in [-0.05, 0) is 5.56 Å². The number of hydrogen-bond acceptors (Lipinski definition) is 6. The van der Waals surface area contributed by atoms with Gasteiger partial charge in [-0.15, -0.1) is 0 Å². The Bertz CT molecular complexity index is 1100. The predicted molar refractivity (Wildman–Crippen MR) is 101 cm³/mol. The second kappa shape index (κ2) is 7.25. The smallest absolute Gasteiger partial charge is 0.308 e.